The predicted octanol–water partition coefficient (Wildman–Crippen LogP) is 5.61. The molecule has 0 aliphatic heterocycles. The number of carbonyl (C=O) groups excluding carboxylic acids is 2. The maximum absolute atomic E-state index is 12.4. The van der Waals surface area contributed by atoms with Crippen LogP contribution < -0.4 is 10.6 Å². The van der Waals surface area contributed by atoms with Crippen molar-refractivity contribution in [2.75, 3.05) is 10.6 Å². The molecule has 0 heterocycles. The van der Waals surface area contributed by atoms with Gasteiger partial charge in [-0.2, -0.15) is 0 Å². The van der Waals surface area contributed by atoms with Crippen molar-refractivity contribution >= 4 is 50.7 Å². The monoisotopic (exact) mass is 428 g/mol. The standard InChI is InChI=1S/C20H14BrClN2O2/c21-15-6-4-5-13(11-15)20(26)24-18-12-14(9-10-17(18)22)19(25)23-16-7-2-1-3-8-16/h1-12H,(H,23,25)(H,24,26). The minimum Gasteiger partial charge on any atom is -0.322 e. The third-order valence-corrected chi connectivity index (χ3v) is 4.42. The quantitative estimate of drug-likeness (QED) is 0.566. The summed E-state index contributed by atoms with van der Waals surface area (Å²) < 4.78 is 0.798. The van der Waals surface area contributed by atoms with Gasteiger partial charge < -0.3 is 10.6 Å². The molecule has 0 saturated heterocycles. The first kappa shape index (κ1) is 18.2. The van der Waals surface area contributed by atoms with E-state index in [2.05, 4.69) is 26.6 Å². The first-order valence-electron chi connectivity index (χ1n) is 7.76. The van der Waals surface area contributed by atoms with Gasteiger partial charge in [-0.3, -0.25) is 9.59 Å². The zero-order valence-corrected chi connectivity index (χ0v) is 15.8. The Balaban J connectivity index is 1.79. The maximum atomic E-state index is 12.4. The van der Waals surface area contributed by atoms with Gasteiger partial charge in [0.15, 0.2) is 0 Å². The molecule has 2 amide bonds. The molecule has 0 unspecified atom stereocenters. The van der Waals surface area contributed by atoms with Gasteiger partial charge >= 0.3 is 0 Å². The number of benzene rings is 3. The number of hydrogen-bond acceptors (Lipinski definition) is 2. The van der Waals surface area contributed by atoms with Gasteiger partial charge in [-0.25, -0.2) is 0 Å². The van der Waals surface area contributed by atoms with Gasteiger partial charge in [-0.1, -0.05) is 51.8 Å². The maximum Gasteiger partial charge on any atom is 0.255 e. The molecule has 0 aromatic heterocycles. The van der Waals surface area contributed by atoms with Crippen molar-refractivity contribution in [3.8, 4) is 0 Å². The largest absolute Gasteiger partial charge is 0.322 e. The van der Waals surface area contributed by atoms with E-state index in [0.29, 0.717) is 27.5 Å². The Kier molecular flexibility index (Phi) is 5.71. The molecular weight excluding hydrogens is 416 g/mol. The van der Waals surface area contributed by atoms with Crippen molar-refractivity contribution in [2.45, 2.75) is 0 Å². The van der Waals surface area contributed by atoms with Gasteiger partial charge in [-0.05, 0) is 48.5 Å². The van der Waals surface area contributed by atoms with Gasteiger partial charge in [0.2, 0.25) is 0 Å². The number of nitrogens with one attached hydrogen (secondary N) is 2. The second-order valence-electron chi connectivity index (χ2n) is 5.48. The molecule has 0 radical (unpaired) electrons. The van der Waals surface area contributed by atoms with Crippen molar-refractivity contribution in [1.82, 2.24) is 0 Å². The molecule has 4 nitrogen and oxygen atoms in total. The normalized spacial score (nSPS) is 10.2. The molecule has 0 saturated carbocycles. The number of hydrogen-bond donors (Lipinski definition) is 2. The van der Waals surface area contributed by atoms with Crippen molar-refractivity contribution in [3.05, 3.63) is 93.4 Å². The molecule has 0 bridgehead atoms. The van der Waals surface area contributed by atoms with E-state index in [1.54, 1.807) is 48.5 Å². The van der Waals surface area contributed by atoms with Crippen LogP contribution >= 0.6 is 27.5 Å². The van der Waals surface area contributed by atoms with Crippen molar-refractivity contribution in [1.29, 1.82) is 0 Å². The predicted molar refractivity (Wildman–Crippen MR) is 108 cm³/mol. The third kappa shape index (κ3) is 4.50. The summed E-state index contributed by atoms with van der Waals surface area (Å²) in [6.07, 6.45) is 0. The Morgan fingerprint density at radius 3 is 2.19 bits per heavy atom. The molecule has 0 spiro atoms. The van der Waals surface area contributed by atoms with Crippen molar-refractivity contribution in [3.63, 3.8) is 0 Å². The van der Waals surface area contributed by atoms with E-state index in [-0.39, 0.29) is 11.8 Å². The first-order chi connectivity index (χ1) is 12.5. The number of rotatable bonds is 4. The number of halogens is 2. The van der Waals surface area contributed by atoms with Crippen LogP contribution in [0.4, 0.5) is 11.4 Å². The smallest absolute Gasteiger partial charge is 0.255 e. The van der Waals surface area contributed by atoms with E-state index < -0.39 is 0 Å². The Hall–Kier alpha value is -2.63. The van der Waals surface area contributed by atoms with E-state index in [0.717, 1.165) is 4.47 Å². The van der Waals surface area contributed by atoms with Crippen molar-refractivity contribution < 1.29 is 9.59 Å². The Morgan fingerprint density at radius 2 is 1.46 bits per heavy atom. The van der Waals surface area contributed by atoms with E-state index >= 15 is 0 Å². The van der Waals surface area contributed by atoms with Gasteiger partial charge in [0.05, 0.1) is 10.7 Å². The van der Waals surface area contributed by atoms with E-state index in [1.807, 2.05) is 24.3 Å². The van der Waals surface area contributed by atoms with Gasteiger partial charge in [0.1, 0.15) is 0 Å². The summed E-state index contributed by atoms with van der Waals surface area (Å²) in [5.41, 5.74) is 1.93. The summed E-state index contributed by atoms with van der Waals surface area (Å²) in [5, 5.41) is 5.89. The lowest BCUT2D eigenvalue weighted by Crippen LogP contribution is -2.15. The van der Waals surface area contributed by atoms with Gasteiger partial charge in [-0.15, -0.1) is 0 Å². The van der Waals surface area contributed by atoms with E-state index in [1.165, 1.54) is 0 Å². The Bertz CT molecular complexity index is 961. The Morgan fingerprint density at radius 1 is 0.769 bits per heavy atom. The topological polar surface area (TPSA) is 58.2 Å². The summed E-state index contributed by atoms with van der Waals surface area (Å²) in [5.74, 6) is -0.598. The third-order valence-electron chi connectivity index (χ3n) is 3.60. The van der Waals surface area contributed by atoms with Crippen LogP contribution in [0.25, 0.3) is 0 Å². The highest BCUT2D eigenvalue weighted by Gasteiger charge is 2.13. The van der Waals surface area contributed by atoms with Crippen LogP contribution in [-0.2, 0) is 0 Å². The number of carbonyl (C=O) groups is 2. The highest BCUT2D eigenvalue weighted by molar-refractivity contribution is 9.10. The van der Waals surface area contributed by atoms with Crippen LogP contribution in [0.3, 0.4) is 0 Å². The molecule has 6 heteroatoms. The van der Waals surface area contributed by atoms with Crippen LogP contribution in [0.15, 0.2) is 77.3 Å². The van der Waals surface area contributed by atoms with Crippen LogP contribution in [0, 0.1) is 0 Å². The minimum absolute atomic E-state index is 0.286. The number of amides is 2. The summed E-state index contributed by atoms with van der Waals surface area (Å²) in [7, 11) is 0. The van der Waals surface area contributed by atoms with Gasteiger partial charge in [0, 0.05) is 21.3 Å². The second-order valence-corrected chi connectivity index (χ2v) is 6.80. The molecular formula is C20H14BrClN2O2. The lowest BCUT2D eigenvalue weighted by atomic mass is 10.1. The highest BCUT2D eigenvalue weighted by Crippen LogP contribution is 2.25. The molecule has 3 rings (SSSR count). The second kappa shape index (κ2) is 8.17. The molecule has 3 aromatic rings. The molecule has 0 atom stereocenters. The fourth-order valence-electron chi connectivity index (χ4n) is 2.31. The summed E-state index contributed by atoms with van der Waals surface area (Å²) >= 11 is 9.50. The summed E-state index contributed by atoms with van der Waals surface area (Å²) in [6, 6.07) is 20.9. The Labute approximate surface area is 164 Å². The van der Waals surface area contributed by atoms with E-state index in [9.17, 15) is 9.59 Å². The number of anilines is 2. The molecule has 0 fully saturated rings. The minimum atomic E-state index is -0.311. The van der Waals surface area contributed by atoms with Crippen LogP contribution in [0.2, 0.25) is 5.02 Å². The average molecular weight is 430 g/mol. The molecule has 3 aromatic carbocycles. The first-order valence-corrected chi connectivity index (χ1v) is 8.93. The fraction of sp³-hybridized carbons (Fsp3) is 0. The highest BCUT2D eigenvalue weighted by atomic mass is 79.9. The van der Waals surface area contributed by atoms with Crippen molar-refractivity contribution in [2.24, 2.45) is 0 Å². The number of para-hydroxylation sites is 1. The van der Waals surface area contributed by atoms with Gasteiger partial charge in [0.25, 0.3) is 11.8 Å². The van der Waals surface area contributed by atoms with E-state index in [4.69, 9.17) is 11.6 Å². The van der Waals surface area contributed by atoms with Crippen LogP contribution in [0.1, 0.15) is 20.7 Å². The summed E-state index contributed by atoms with van der Waals surface area (Å²) in [6.45, 7) is 0. The lowest BCUT2D eigenvalue weighted by Gasteiger charge is -2.10. The lowest BCUT2D eigenvalue weighted by molar-refractivity contribution is 0.101. The molecule has 130 valence electrons. The zero-order chi connectivity index (χ0) is 18.5. The molecule has 0 aliphatic rings. The summed E-state index contributed by atoms with van der Waals surface area (Å²) in [4.78, 5) is 24.8. The van der Waals surface area contributed by atoms with Crippen LogP contribution in [0.5, 0.6) is 0 Å². The SMILES string of the molecule is O=C(Nc1ccccc1)c1ccc(Cl)c(NC(=O)c2cccc(Br)c2)c1. The van der Waals surface area contributed by atoms with Crippen LogP contribution in [-0.4, -0.2) is 11.8 Å². The molecule has 2 N–H and O–H groups in total. The molecule has 0 aliphatic carbocycles. The zero-order valence-electron chi connectivity index (χ0n) is 13.5. The average Bonchev–Trinajstić information content (AvgIpc) is 2.64. The molecule has 26 heavy (non-hydrogen) atoms. The fourth-order valence-corrected chi connectivity index (χ4v) is 2.88.